The lowest BCUT2D eigenvalue weighted by Gasteiger charge is -2.09. The first-order valence-electron chi connectivity index (χ1n) is 7.41. The summed E-state index contributed by atoms with van der Waals surface area (Å²) >= 11 is 0. The van der Waals surface area contributed by atoms with Crippen LogP contribution in [0, 0.1) is 5.92 Å². The normalized spacial score (nSPS) is 15.8. The van der Waals surface area contributed by atoms with Gasteiger partial charge in [0.15, 0.2) is 5.65 Å². The van der Waals surface area contributed by atoms with Gasteiger partial charge in [0.1, 0.15) is 5.82 Å². The van der Waals surface area contributed by atoms with Crippen LogP contribution in [0.2, 0.25) is 0 Å². The van der Waals surface area contributed by atoms with Crippen molar-refractivity contribution in [3.63, 3.8) is 0 Å². The van der Waals surface area contributed by atoms with Crippen LogP contribution in [0.25, 0.3) is 5.65 Å². The Morgan fingerprint density at radius 3 is 3.00 bits per heavy atom. The molecule has 1 amide bonds. The predicted molar refractivity (Wildman–Crippen MR) is 76.3 cm³/mol. The van der Waals surface area contributed by atoms with E-state index in [2.05, 4.69) is 15.5 Å². The molecule has 3 rings (SSSR count). The van der Waals surface area contributed by atoms with Crippen molar-refractivity contribution in [2.75, 3.05) is 6.54 Å². The first-order chi connectivity index (χ1) is 9.84. The van der Waals surface area contributed by atoms with E-state index in [-0.39, 0.29) is 11.8 Å². The van der Waals surface area contributed by atoms with Gasteiger partial charge in [0.05, 0.1) is 0 Å². The Morgan fingerprint density at radius 1 is 1.30 bits per heavy atom. The van der Waals surface area contributed by atoms with Crippen LogP contribution in [-0.2, 0) is 11.2 Å². The zero-order chi connectivity index (χ0) is 13.8. The third kappa shape index (κ3) is 2.81. The minimum absolute atomic E-state index is 0.230. The maximum Gasteiger partial charge on any atom is 0.223 e. The molecule has 2 aromatic rings. The number of nitrogens with one attached hydrogen (secondary N) is 1. The molecular weight excluding hydrogens is 252 g/mol. The standard InChI is InChI=1S/C15H20N4O/c20-15(12-6-1-2-7-12)16-10-5-9-14-18-17-13-8-3-4-11-19(13)14/h3-4,8,11-12H,1-2,5-7,9-10H2,(H,16,20). The number of hydrogen-bond donors (Lipinski definition) is 1. The molecule has 1 aliphatic carbocycles. The number of pyridine rings is 1. The van der Waals surface area contributed by atoms with Gasteiger partial charge in [-0.1, -0.05) is 18.9 Å². The summed E-state index contributed by atoms with van der Waals surface area (Å²) in [6, 6.07) is 5.87. The van der Waals surface area contributed by atoms with E-state index in [9.17, 15) is 4.79 Å². The summed E-state index contributed by atoms with van der Waals surface area (Å²) in [5.74, 6) is 1.44. The Morgan fingerprint density at radius 2 is 2.15 bits per heavy atom. The molecule has 106 valence electrons. The minimum Gasteiger partial charge on any atom is -0.356 e. The van der Waals surface area contributed by atoms with Crippen LogP contribution in [-0.4, -0.2) is 27.0 Å². The average molecular weight is 272 g/mol. The Labute approximate surface area is 118 Å². The van der Waals surface area contributed by atoms with Gasteiger partial charge in [-0.3, -0.25) is 9.20 Å². The molecule has 1 fully saturated rings. The Hall–Kier alpha value is -1.91. The number of carbonyl (C=O) groups is 1. The highest BCUT2D eigenvalue weighted by atomic mass is 16.1. The van der Waals surface area contributed by atoms with Gasteiger partial charge in [-0.15, -0.1) is 10.2 Å². The van der Waals surface area contributed by atoms with E-state index in [1.807, 2.05) is 28.8 Å². The summed E-state index contributed by atoms with van der Waals surface area (Å²) in [7, 11) is 0. The zero-order valence-corrected chi connectivity index (χ0v) is 11.6. The first kappa shape index (κ1) is 13.1. The van der Waals surface area contributed by atoms with Gasteiger partial charge in [0.25, 0.3) is 0 Å². The Balaban J connectivity index is 1.47. The van der Waals surface area contributed by atoms with Crippen LogP contribution in [0.4, 0.5) is 0 Å². The van der Waals surface area contributed by atoms with Crippen molar-refractivity contribution in [1.29, 1.82) is 0 Å². The lowest BCUT2D eigenvalue weighted by atomic mass is 10.1. The molecule has 1 aliphatic rings. The summed E-state index contributed by atoms with van der Waals surface area (Å²) in [5, 5.41) is 11.3. The molecule has 0 spiro atoms. The number of aromatic nitrogens is 3. The number of nitrogens with zero attached hydrogens (tertiary/aromatic N) is 3. The van der Waals surface area contributed by atoms with Gasteiger partial charge in [-0.05, 0) is 31.4 Å². The highest BCUT2D eigenvalue weighted by Gasteiger charge is 2.21. The van der Waals surface area contributed by atoms with Crippen molar-refractivity contribution in [1.82, 2.24) is 19.9 Å². The highest BCUT2D eigenvalue weighted by Crippen LogP contribution is 2.24. The largest absolute Gasteiger partial charge is 0.356 e. The topological polar surface area (TPSA) is 59.3 Å². The molecule has 0 saturated heterocycles. The van der Waals surface area contributed by atoms with Crippen molar-refractivity contribution in [2.24, 2.45) is 5.92 Å². The minimum atomic E-state index is 0.230. The monoisotopic (exact) mass is 272 g/mol. The van der Waals surface area contributed by atoms with Crippen LogP contribution in [0.1, 0.15) is 37.9 Å². The van der Waals surface area contributed by atoms with Crippen LogP contribution in [0.3, 0.4) is 0 Å². The van der Waals surface area contributed by atoms with Gasteiger partial charge in [0, 0.05) is 25.1 Å². The van der Waals surface area contributed by atoms with Crippen LogP contribution < -0.4 is 5.32 Å². The second-order valence-corrected chi connectivity index (χ2v) is 5.42. The van der Waals surface area contributed by atoms with Gasteiger partial charge < -0.3 is 5.32 Å². The molecule has 1 saturated carbocycles. The lowest BCUT2D eigenvalue weighted by molar-refractivity contribution is -0.124. The van der Waals surface area contributed by atoms with Gasteiger partial charge in [-0.2, -0.15) is 0 Å². The zero-order valence-electron chi connectivity index (χ0n) is 11.6. The third-order valence-electron chi connectivity index (χ3n) is 3.99. The van der Waals surface area contributed by atoms with Gasteiger partial charge in [0.2, 0.25) is 5.91 Å². The second kappa shape index (κ2) is 6.03. The fourth-order valence-corrected chi connectivity index (χ4v) is 2.85. The average Bonchev–Trinajstić information content (AvgIpc) is 3.13. The van der Waals surface area contributed by atoms with Crippen molar-refractivity contribution in [3.05, 3.63) is 30.2 Å². The van der Waals surface area contributed by atoms with E-state index < -0.39 is 0 Å². The quantitative estimate of drug-likeness (QED) is 0.847. The molecule has 5 nitrogen and oxygen atoms in total. The van der Waals surface area contributed by atoms with E-state index >= 15 is 0 Å². The van der Waals surface area contributed by atoms with Crippen molar-refractivity contribution >= 4 is 11.6 Å². The van der Waals surface area contributed by atoms with Crippen molar-refractivity contribution < 1.29 is 4.79 Å². The van der Waals surface area contributed by atoms with Gasteiger partial charge in [-0.25, -0.2) is 0 Å². The van der Waals surface area contributed by atoms with E-state index in [1.54, 1.807) is 0 Å². The van der Waals surface area contributed by atoms with Crippen LogP contribution in [0.5, 0.6) is 0 Å². The molecule has 1 N–H and O–H groups in total. The molecular formula is C15H20N4O. The van der Waals surface area contributed by atoms with Gasteiger partial charge >= 0.3 is 0 Å². The van der Waals surface area contributed by atoms with Crippen molar-refractivity contribution in [3.8, 4) is 0 Å². The van der Waals surface area contributed by atoms with Crippen LogP contribution >= 0.6 is 0 Å². The maximum atomic E-state index is 11.9. The number of hydrogen-bond acceptors (Lipinski definition) is 3. The van der Waals surface area contributed by atoms with E-state index in [1.165, 1.54) is 12.8 Å². The molecule has 0 atom stereocenters. The second-order valence-electron chi connectivity index (χ2n) is 5.42. The van der Waals surface area contributed by atoms with E-state index in [4.69, 9.17) is 0 Å². The fraction of sp³-hybridized carbons (Fsp3) is 0.533. The van der Waals surface area contributed by atoms with Crippen LogP contribution in [0.15, 0.2) is 24.4 Å². The summed E-state index contributed by atoms with van der Waals surface area (Å²) in [4.78, 5) is 11.9. The summed E-state index contributed by atoms with van der Waals surface area (Å²) < 4.78 is 2.00. The number of amides is 1. The SMILES string of the molecule is O=C(NCCCc1nnc2ccccn12)C1CCCC1. The molecule has 0 aromatic carbocycles. The maximum absolute atomic E-state index is 11.9. The Bertz CT molecular complexity index is 586. The molecule has 0 radical (unpaired) electrons. The highest BCUT2D eigenvalue weighted by molar-refractivity contribution is 5.78. The summed E-state index contributed by atoms with van der Waals surface area (Å²) in [6.07, 6.45) is 8.21. The van der Waals surface area contributed by atoms with Crippen molar-refractivity contribution in [2.45, 2.75) is 38.5 Å². The lowest BCUT2D eigenvalue weighted by Crippen LogP contribution is -2.30. The molecule has 5 heteroatoms. The smallest absolute Gasteiger partial charge is 0.223 e. The third-order valence-corrected chi connectivity index (χ3v) is 3.99. The predicted octanol–water partition coefficient (Wildman–Crippen LogP) is 1.97. The first-order valence-corrected chi connectivity index (χ1v) is 7.41. The van der Waals surface area contributed by atoms with E-state index in [0.717, 1.165) is 43.7 Å². The van der Waals surface area contributed by atoms with E-state index in [0.29, 0.717) is 0 Å². The summed E-state index contributed by atoms with van der Waals surface area (Å²) in [5.41, 5.74) is 0.873. The molecule has 0 aliphatic heterocycles. The Kier molecular flexibility index (Phi) is 3.95. The summed E-state index contributed by atoms with van der Waals surface area (Å²) in [6.45, 7) is 0.719. The number of fused-ring (bicyclic) bond motifs is 1. The number of carbonyl (C=O) groups excluding carboxylic acids is 1. The molecule has 0 bridgehead atoms. The molecule has 0 unspecified atom stereocenters. The number of aryl methyl sites for hydroxylation is 1. The fourth-order valence-electron chi connectivity index (χ4n) is 2.85. The molecule has 2 aromatic heterocycles. The molecule has 20 heavy (non-hydrogen) atoms. The molecule has 2 heterocycles. The number of rotatable bonds is 5.